The Kier molecular flexibility index (Phi) is 3.74. The lowest BCUT2D eigenvalue weighted by Gasteiger charge is -2.15. The molecule has 3 aromatic rings. The number of nitrogen functional groups attached to an aromatic ring is 1. The predicted octanol–water partition coefficient (Wildman–Crippen LogP) is 3.74. The number of hydrogen-bond donors (Lipinski definition) is 1. The van der Waals surface area contributed by atoms with Crippen molar-refractivity contribution in [3.63, 3.8) is 0 Å². The number of ether oxygens (including phenoxy) is 1. The molecule has 0 aliphatic heterocycles. The SMILES string of the molecule is C[C@@H](OC(=O)c1cccc2cccc(N)c12)c1ccncc1. The monoisotopic (exact) mass is 292 g/mol. The molecule has 1 heterocycles. The van der Waals surface area contributed by atoms with Gasteiger partial charge >= 0.3 is 5.97 Å². The van der Waals surface area contributed by atoms with E-state index in [0.29, 0.717) is 11.3 Å². The van der Waals surface area contributed by atoms with Crippen molar-refractivity contribution in [2.24, 2.45) is 0 Å². The van der Waals surface area contributed by atoms with Gasteiger partial charge in [0.05, 0.1) is 5.56 Å². The van der Waals surface area contributed by atoms with Crippen LogP contribution in [0.5, 0.6) is 0 Å². The summed E-state index contributed by atoms with van der Waals surface area (Å²) in [4.78, 5) is 16.5. The molecular formula is C18H16N2O2. The second kappa shape index (κ2) is 5.85. The third-order valence-electron chi connectivity index (χ3n) is 3.62. The minimum atomic E-state index is -0.382. The molecular weight excluding hydrogens is 276 g/mol. The molecule has 0 bridgehead atoms. The fraction of sp³-hybridized carbons (Fsp3) is 0.111. The van der Waals surface area contributed by atoms with E-state index in [2.05, 4.69) is 4.98 Å². The number of esters is 1. The van der Waals surface area contributed by atoms with E-state index in [9.17, 15) is 4.79 Å². The van der Waals surface area contributed by atoms with Crippen molar-refractivity contribution in [3.8, 4) is 0 Å². The van der Waals surface area contributed by atoms with E-state index in [-0.39, 0.29) is 12.1 Å². The Morgan fingerprint density at radius 3 is 2.50 bits per heavy atom. The Balaban J connectivity index is 1.93. The van der Waals surface area contributed by atoms with Gasteiger partial charge in [0, 0.05) is 23.5 Å². The number of carbonyl (C=O) groups excluding carboxylic acids is 1. The van der Waals surface area contributed by atoms with Crippen molar-refractivity contribution < 1.29 is 9.53 Å². The van der Waals surface area contributed by atoms with Gasteiger partial charge in [-0.05, 0) is 42.1 Å². The lowest BCUT2D eigenvalue weighted by atomic mass is 10.0. The topological polar surface area (TPSA) is 65.2 Å². The fourth-order valence-electron chi connectivity index (χ4n) is 2.47. The molecule has 4 heteroatoms. The quantitative estimate of drug-likeness (QED) is 0.590. The van der Waals surface area contributed by atoms with Gasteiger partial charge in [0.15, 0.2) is 0 Å². The van der Waals surface area contributed by atoms with Crippen molar-refractivity contribution in [2.45, 2.75) is 13.0 Å². The van der Waals surface area contributed by atoms with Crippen LogP contribution in [0.3, 0.4) is 0 Å². The van der Waals surface area contributed by atoms with Gasteiger partial charge in [0.25, 0.3) is 0 Å². The maximum atomic E-state index is 12.5. The number of pyridine rings is 1. The second-order valence-corrected chi connectivity index (χ2v) is 5.08. The molecule has 0 fully saturated rings. The summed E-state index contributed by atoms with van der Waals surface area (Å²) in [6.45, 7) is 1.84. The first-order valence-electron chi connectivity index (χ1n) is 7.05. The van der Waals surface area contributed by atoms with Crippen LogP contribution < -0.4 is 5.73 Å². The minimum absolute atomic E-state index is 0.351. The van der Waals surface area contributed by atoms with Crippen LogP contribution in [0.25, 0.3) is 10.8 Å². The molecule has 22 heavy (non-hydrogen) atoms. The molecule has 0 saturated carbocycles. The molecule has 0 saturated heterocycles. The van der Waals surface area contributed by atoms with Crippen LogP contribution in [0.15, 0.2) is 60.9 Å². The van der Waals surface area contributed by atoms with E-state index in [1.807, 2.05) is 43.3 Å². The maximum Gasteiger partial charge on any atom is 0.339 e. The van der Waals surface area contributed by atoms with Gasteiger partial charge in [-0.1, -0.05) is 24.3 Å². The van der Waals surface area contributed by atoms with Gasteiger partial charge in [-0.25, -0.2) is 4.79 Å². The van der Waals surface area contributed by atoms with Gasteiger partial charge in [-0.2, -0.15) is 0 Å². The molecule has 4 nitrogen and oxygen atoms in total. The zero-order valence-electron chi connectivity index (χ0n) is 12.2. The standard InChI is InChI=1S/C18H16N2O2/c1-12(13-8-10-20-11-9-13)22-18(21)15-6-2-4-14-5-3-7-16(19)17(14)15/h2-12H,19H2,1H3/t12-/m1/s1. The number of hydrogen-bond acceptors (Lipinski definition) is 4. The average molecular weight is 292 g/mol. The second-order valence-electron chi connectivity index (χ2n) is 5.08. The van der Waals surface area contributed by atoms with Gasteiger partial charge in [0.1, 0.15) is 6.10 Å². The van der Waals surface area contributed by atoms with Crippen molar-refractivity contribution in [1.82, 2.24) is 4.98 Å². The van der Waals surface area contributed by atoms with Crippen LogP contribution in [0, 0.1) is 0 Å². The summed E-state index contributed by atoms with van der Waals surface area (Å²) in [5.41, 5.74) is 7.97. The van der Waals surface area contributed by atoms with E-state index >= 15 is 0 Å². The Labute approximate surface area is 128 Å². The van der Waals surface area contributed by atoms with Crippen molar-refractivity contribution in [2.75, 3.05) is 5.73 Å². The molecule has 1 atom stereocenters. The van der Waals surface area contributed by atoms with Crippen LogP contribution in [-0.2, 0) is 4.74 Å². The van der Waals surface area contributed by atoms with Crippen molar-refractivity contribution in [1.29, 1.82) is 0 Å². The number of rotatable bonds is 3. The summed E-state index contributed by atoms with van der Waals surface area (Å²) in [6, 6.07) is 14.7. The van der Waals surface area contributed by atoms with E-state index in [0.717, 1.165) is 16.3 Å². The van der Waals surface area contributed by atoms with Crippen LogP contribution in [0.2, 0.25) is 0 Å². The smallest absolute Gasteiger partial charge is 0.339 e. The lowest BCUT2D eigenvalue weighted by molar-refractivity contribution is 0.0340. The normalized spacial score (nSPS) is 12.0. The first-order valence-corrected chi connectivity index (χ1v) is 7.05. The molecule has 0 aliphatic carbocycles. The highest BCUT2D eigenvalue weighted by atomic mass is 16.5. The van der Waals surface area contributed by atoms with Crippen LogP contribution in [0.1, 0.15) is 28.9 Å². The molecule has 0 amide bonds. The van der Waals surface area contributed by atoms with Crippen LogP contribution in [-0.4, -0.2) is 11.0 Å². The summed E-state index contributed by atoms with van der Waals surface area (Å²) in [5, 5.41) is 1.66. The third kappa shape index (κ3) is 2.63. The number of carbonyl (C=O) groups is 1. The van der Waals surface area contributed by atoms with E-state index in [1.54, 1.807) is 24.5 Å². The summed E-state index contributed by atoms with van der Waals surface area (Å²) >= 11 is 0. The Morgan fingerprint density at radius 1 is 1.09 bits per heavy atom. The number of aromatic nitrogens is 1. The number of benzene rings is 2. The molecule has 110 valence electrons. The lowest BCUT2D eigenvalue weighted by Crippen LogP contribution is -2.10. The number of anilines is 1. The molecule has 1 aromatic heterocycles. The van der Waals surface area contributed by atoms with Crippen LogP contribution in [0.4, 0.5) is 5.69 Å². The zero-order valence-corrected chi connectivity index (χ0v) is 12.2. The predicted molar refractivity (Wildman–Crippen MR) is 86.4 cm³/mol. The van der Waals surface area contributed by atoms with Crippen LogP contribution >= 0.6 is 0 Å². The largest absolute Gasteiger partial charge is 0.454 e. The van der Waals surface area contributed by atoms with Gasteiger partial charge in [-0.3, -0.25) is 4.98 Å². The molecule has 0 aliphatic rings. The highest BCUT2D eigenvalue weighted by Crippen LogP contribution is 2.27. The Hall–Kier alpha value is -2.88. The maximum absolute atomic E-state index is 12.5. The van der Waals surface area contributed by atoms with Crippen molar-refractivity contribution in [3.05, 3.63) is 72.1 Å². The molecule has 3 rings (SSSR count). The minimum Gasteiger partial charge on any atom is -0.454 e. The average Bonchev–Trinajstić information content (AvgIpc) is 2.55. The van der Waals surface area contributed by atoms with Gasteiger partial charge in [-0.15, -0.1) is 0 Å². The first kappa shape index (κ1) is 14.1. The van der Waals surface area contributed by atoms with Gasteiger partial charge < -0.3 is 10.5 Å². The van der Waals surface area contributed by atoms with E-state index < -0.39 is 0 Å². The molecule has 0 radical (unpaired) electrons. The first-order chi connectivity index (χ1) is 10.7. The summed E-state index contributed by atoms with van der Waals surface area (Å²) < 4.78 is 5.56. The highest BCUT2D eigenvalue weighted by Gasteiger charge is 2.17. The molecule has 0 spiro atoms. The fourth-order valence-corrected chi connectivity index (χ4v) is 2.47. The van der Waals surface area contributed by atoms with Gasteiger partial charge in [0.2, 0.25) is 0 Å². The molecule has 2 N–H and O–H groups in total. The van der Waals surface area contributed by atoms with Crippen molar-refractivity contribution >= 4 is 22.4 Å². The summed E-state index contributed by atoms with van der Waals surface area (Å²) in [7, 11) is 0. The van der Waals surface area contributed by atoms with E-state index in [4.69, 9.17) is 10.5 Å². The zero-order chi connectivity index (χ0) is 15.5. The Morgan fingerprint density at radius 2 is 1.77 bits per heavy atom. The number of nitrogens with two attached hydrogens (primary N) is 1. The molecule has 2 aromatic carbocycles. The summed E-state index contributed by atoms with van der Waals surface area (Å²) in [6.07, 6.45) is 3.00. The third-order valence-corrected chi connectivity index (χ3v) is 3.62. The molecule has 0 unspecified atom stereocenters. The highest BCUT2D eigenvalue weighted by molar-refractivity contribution is 6.09. The number of nitrogens with zero attached hydrogens (tertiary/aromatic N) is 1. The number of fused-ring (bicyclic) bond motifs is 1. The Bertz CT molecular complexity index is 810. The summed E-state index contributed by atoms with van der Waals surface area (Å²) in [5.74, 6) is -0.382. The van der Waals surface area contributed by atoms with E-state index in [1.165, 1.54) is 0 Å².